The fourth-order valence-corrected chi connectivity index (χ4v) is 3.17. The van der Waals surface area contributed by atoms with E-state index in [4.69, 9.17) is 5.73 Å². The quantitative estimate of drug-likeness (QED) is 0.335. The molecule has 0 aromatic heterocycles. The molecule has 0 fully saturated rings. The van der Waals surface area contributed by atoms with E-state index in [0.717, 1.165) is 34.6 Å². The van der Waals surface area contributed by atoms with Crippen LogP contribution in [0.3, 0.4) is 0 Å². The Morgan fingerprint density at radius 1 is 1.03 bits per heavy atom. The molecule has 0 unspecified atom stereocenters. The van der Waals surface area contributed by atoms with Gasteiger partial charge in [-0.05, 0) is 60.9 Å². The number of amides is 1. The molecular weight excluding hydrogens is 372 g/mol. The third kappa shape index (κ3) is 4.68. The van der Waals surface area contributed by atoms with Crippen molar-refractivity contribution < 1.29 is 4.79 Å². The summed E-state index contributed by atoms with van der Waals surface area (Å²) in [6.07, 6.45) is 2.34. The zero-order chi connectivity index (χ0) is 21.5. The van der Waals surface area contributed by atoms with Crippen molar-refractivity contribution in [1.82, 2.24) is 0 Å². The molecule has 0 heterocycles. The number of benzene rings is 3. The van der Waals surface area contributed by atoms with E-state index in [0.29, 0.717) is 5.69 Å². The fourth-order valence-electron chi connectivity index (χ4n) is 3.17. The molecule has 0 saturated carbocycles. The van der Waals surface area contributed by atoms with Crippen LogP contribution in [0.15, 0.2) is 84.6 Å². The number of anilines is 4. The molecule has 0 saturated heterocycles. The first-order valence-electron chi connectivity index (χ1n) is 9.75. The molecule has 0 aliphatic carbocycles. The van der Waals surface area contributed by atoms with Gasteiger partial charge in [0.05, 0.1) is 0 Å². The van der Waals surface area contributed by atoms with Gasteiger partial charge in [0.25, 0.3) is 5.91 Å². The van der Waals surface area contributed by atoms with Gasteiger partial charge in [0, 0.05) is 28.9 Å². The van der Waals surface area contributed by atoms with E-state index in [9.17, 15) is 10.1 Å². The first-order chi connectivity index (χ1) is 14.5. The Morgan fingerprint density at radius 2 is 1.70 bits per heavy atom. The molecule has 0 atom stereocenters. The van der Waals surface area contributed by atoms with Crippen molar-refractivity contribution in [3.63, 3.8) is 0 Å². The second-order valence-corrected chi connectivity index (χ2v) is 6.87. The van der Waals surface area contributed by atoms with Gasteiger partial charge in [0.15, 0.2) is 0 Å². The van der Waals surface area contributed by atoms with E-state index in [1.54, 1.807) is 23.2 Å². The fraction of sp³-hybridized carbons (Fsp3) is 0.120. The normalized spacial score (nSPS) is 10.9. The Bertz CT molecular complexity index is 1100. The van der Waals surface area contributed by atoms with E-state index >= 15 is 0 Å². The summed E-state index contributed by atoms with van der Waals surface area (Å²) < 4.78 is 0. The van der Waals surface area contributed by atoms with E-state index in [1.165, 1.54) is 0 Å². The number of rotatable bonds is 6. The van der Waals surface area contributed by atoms with Gasteiger partial charge in [0.1, 0.15) is 11.6 Å². The molecule has 5 nitrogen and oxygen atoms in total. The van der Waals surface area contributed by atoms with Crippen molar-refractivity contribution in [3.05, 3.63) is 95.7 Å². The van der Waals surface area contributed by atoms with Crippen molar-refractivity contribution >= 4 is 28.7 Å². The van der Waals surface area contributed by atoms with Crippen LogP contribution in [0, 0.1) is 18.3 Å². The predicted octanol–water partition coefficient (Wildman–Crippen LogP) is 5.32. The number of para-hydroxylation sites is 2. The molecule has 0 spiro atoms. The molecule has 3 rings (SSSR count). The van der Waals surface area contributed by atoms with Gasteiger partial charge < -0.3 is 16.0 Å². The third-order valence-corrected chi connectivity index (χ3v) is 4.81. The van der Waals surface area contributed by atoms with Gasteiger partial charge in [-0.3, -0.25) is 4.79 Å². The Morgan fingerprint density at radius 3 is 2.33 bits per heavy atom. The van der Waals surface area contributed by atoms with Crippen molar-refractivity contribution in [2.24, 2.45) is 0 Å². The van der Waals surface area contributed by atoms with Crippen molar-refractivity contribution in [1.29, 1.82) is 5.26 Å². The zero-order valence-corrected chi connectivity index (χ0v) is 17.1. The SMILES string of the molecule is CCc1cccc(C)c1NC(=O)/C(C#N)=C\N(c1ccccc1)c1ccc(N)cc1. The summed E-state index contributed by atoms with van der Waals surface area (Å²) >= 11 is 0. The minimum atomic E-state index is -0.446. The zero-order valence-electron chi connectivity index (χ0n) is 17.1. The van der Waals surface area contributed by atoms with Gasteiger partial charge in [-0.1, -0.05) is 43.3 Å². The molecule has 150 valence electrons. The number of nitrogens with one attached hydrogen (secondary N) is 1. The minimum Gasteiger partial charge on any atom is -0.399 e. The molecule has 3 aromatic carbocycles. The summed E-state index contributed by atoms with van der Waals surface area (Å²) in [6.45, 7) is 3.97. The lowest BCUT2D eigenvalue weighted by Gasteiger charge is -2.22. The molecule has 0 radical (unpaired) electrons. The lowest BCUT2D eigenvalue weighted by molar-refractivity contribution is -0.112. The second kappa shape index (κ2) is 9.44. The van der Waals surface area contributed by atoms with Gasteiger partial charge in [-0.2, -0.15) is 5.26 Å². The molecule has 0 bridgehead atoms. The maximum Gasteiger partial charge on any atom is 0.267 e. The molecule has 0 aliphatic heterocycles. The largest absolute Gasteiger partial charge is 0.399 e. The van der Waals surface area contributed by atoms with Crippen molar-refractivity contribution in [2.75, 3.05) is 16.0 Å². The van der Waals surface area contributed by atoms with E-state index in [2.05, 4.69) is 5.32 Å². The number of nitrogens with two attached hydrogens (primary N) is 1. The van der Waals surface area contributed by atoms with Crippen LogP contribution in [0.1, 0.15) is 18.1 Å². The summed E-state index contributed by atoms with van der Waals surface area (Å²) in [4.78, 5) is 14.8. The van der Waals surface area contributed by atoms with Crippen LogP contribution < -0.4 is 16.0 Å². The molecule has 5 heteroatoms. The highest BCUT2D eigenvalue weighted by Crippen LogP contribution is 2.28. The summed E-state index contributed by atoms with van der Waals surface area (Å²) in [5.74, 6) is -0.446. The van der Waals surface area contributed by atoms with E-state index in [-0.39, 0.29) is 5.57 Å². The Labute approximate surface area is 177 Å². The monoisotopic (exact) mass is 396 g/mol. The van der Waals surface area contributed by atoms with Gasteiger partial charge >= 0.3 is 0 Å². The highest BCUT2D eigenvalue weighted by atomic mass is 16.1. The number of hydrogen-bond acceptors (Lipinski definition) is 4. The predicted molar refractivity (Wildman–Crippen MR) is 122 cm³/mol. The van der Waals surface area contributed by atoms with E-state index in [1.807, 2.05) is 80.6 Å². The Balaban J connectivity index is 1.99. The lowest BCUT2D eigenvalue weighted by atomic mass is 10.1. The lowest BCUT2D eigenvalue weighted by Crippen LogP contribution is -2.19. The average Bonchev–Trinajstić information content (AvgIpc) is 2.77. The standard InChI is InChI=1S/C25H24N4O/c1-3-19-9-7-8-18(2)24(19)28-25(30)20(16-26)17-29(22-10-5-4-6-11-22)23-14-12-21(27)13-15-23/h4-15,17H,3,27H2,1-2H3,(H,28,30)/b20-17-. The van der Waals surface area contributed by atoms with Crippen molar-refractivity contribution in [2.45, 2.75) is 20.3 Å². The minimum absolute atomic E-state index is 0.000911. The number of carbonyl (C=O) groups excluding carboxylic acids is 1. The smallest absolute Gasteiger partial charge is 0.267 e. The first-order valence-corrected chi connectivity index (χ1v) is 9.75. The summed E-state index contributed by atoms with van der Waals surface area (Å²) in [5, 5.41) is 12.7. The molecule has 1 amide bonds. The molecular formula is C25H24N4O. The van der Waals surface area contributed by atoms with Crippen LogP contribution in [0.2, 0.25) is 0 Å². The summed E-state index contributed by atoms with van der Waals surface area (Å²) in [5.41, 5.74) is 10.8. The van der Waals surface area contributed by atoms with Crippen LogP contribution in [0.5, 0.6) is 0 Å². The van der Waals surface area contributed by atoms with Gasteiger partial charge in [0.2, 0.25) is 0 Å². The summed E-state index contributed by atoms with van der Waals surface area (Å²) in [6, 6.07) is 24.7. The maximum atomic E-state index is 13.0. The number of nitrogen functional groups attached to an aromatic ring is 1. The van der Waals surface area contributed by atoms with Crippen molar-refractivity contribution in [3.8, 4) is 6.07 Å². The van der Waals surface area contributed by atoms with Crippen LogP contribution in [-0.4, -0.2) is 5.91 Å². The maximum absolute atomic E-state index is 13.0. The van der Waals surface area contributed by atoms with Crippen LogP contribution >= 0.6 is 0 Å². The topological polar surface area (TPSA) is 82.2 Å². The van der Waals surface area contributed by atoms with Crippen LogP contribution in [0.4, 0.5) is 22.7 Å². The number of hydrogen-bond donors (Lipinski definition) is 2. The molecule has 30 heavy (non-hydrogen) atoms. The average molecular weight is 396 g/mol. The number of carbonyl (C=O) groups is 1. The first kappa shape index (κ1) is 20.7. The number of nitrogens with zero attached hydrogens (tertiary/aromatic N) is 2. The Hall–Kier alpha value is -4.04. The second-order valence-electron chi connectivity index (χ2n) is 6.87. The Kier molecular flexibility index (Phi) is 6.51. The molecule has 0 aliphatic rings. The molecule has 3 aromatic rings. The summed E-state index contributed by atoms with van der Waals surface area (Å²) in [7, 11) is 0. The van der Waals surface area contributed by atoms with Gasteiger partial charge in [-0.15, -0.1) is 0 Å². The third-order valence-electron chi connectivity index (χ3n) is 4.81. The number of nitriles is 1. The van der Waals surface area contributed by atoms with Crippen LogP contribution in [-0.2, 0) is 11.2 Å². The number of aryl methyl sites for hydroxylation is 2. The van der Waals surface area contributed by atoms with E-state index < -0.39 is 5.91 Å². The highest BCUT2D eigenvalue weighted by molar-refractivity contribution is 6.07. The van der Waals surface area contributed by atoms with Crippen LogP contribution in [0.25, 0.3) is 0 Å². The van der Waals surface area contributed by atoms with Gasteiger partial charge in [-0.25, -0.2) is 0 Å². The molecule has 3 N–H and O–H groups in total. The highest BCUT2D eigenvalue weighted by Gasteiger charge is 2.16.